The van der Waals surface area contributed by atoms with Gasteiger partial charge in [-0.05, 0) is 32.6 Å². The minimum Gasteiger partial charge on any atom is -0.368 e. The van der Waals surface area contributed by atoms with Gasteiger partial charge in [-0.25, -0.2) is 15.0 Å². The summed E-state index contributed by atoms with van der Waals surface area (Å²) in [6.45, 7) is 6.29. The first-order valence-corrected chi connectivity index (χ1v) is 8.36. The van der Waals surface area contributed by atoms with Crippen molar-refractivity contribution in [2.75, 3.05) is 18.8 Å². The third kappa shape index (κ3) is 3.72. The van der Waals surface area contributed by atoms with Crippen molar-refractivity contribution in [3.8, 4) is 0 Å². The fourth-order valence-electron chi connectivity index (χ4n) is 3.42. The van der Waals surface area contributed by atoms with Gasteiger partial charge in [-0.15, -0.1) is 0 Å². The minimum atomic E-state index is 0.143. The number of nitrogen functional groups attached to an aromatic ring is 1. The summed E-state index contributed by atoms with van der Waals surface area (Å²) in [5.74, 6) is 0.881. The number of hydrogen-bond acceptors (Lipinski definition) is 5. The molecule has 3 heterocycles. The van der Waals surface area contributed by atoms with Crippen LogP contribution in [0.3, 0.4) is 0 Å². The van der Waals surface area contributed by atoms with Crippen LogP contribution in [-0.2, 0) is 17.8 Å². The third-order valence-electron chi connectivity index (χ3n) is 4.67. The molecule has 2 aromatic rings. The maximum Gasteiger partial charge on any atom is 0.227 e. The highest BCUT2D eigenvalue weighted by atomic mass is 16.2. The lowest BCUT2D eigenvalue weighted by atomic mass is 9.97. The van der Waals surface area contributed by atoms with Crippen LogP contribution in [0.4, 0.5) is 5.95 Å². The van der Waals surface area contributed by atoms with Crippen LogP contribution in [0.1, 0.15) is 29.8 Å². The minimum absolute atomic E-state index is 0.143. The molecule has 128 valence electrons. The van der Waals surface area contributed by atoms with E-state index in [1.165, 1.54) is 0 Å². The highest BCUT2D eigenvalue weighted by Crippen LogP contribution is 2.20. The average Bonchev–Trinajstić information content (AvgIpc) is 3.04. The summed E-state index contributed by atoms with van der Waals surface area (Å²) in [4.78, 5) is 27.1. The van der Waals surface area contributed by atoms with Crippen LogP contribution in [0.25, 0.3) is 0 Å². The van der Waals surface area contributed by atoms with E-state index >= 15 is 0 Å². The molecular formula is C17H24N6O. The van der Waals surface area contributed by atoms with Gasteiger partial charge in [0.1, 0.15) is 0 Å². The summed E-state index contributed by atoms with van der Waals surface area (Å²) >= 11 is 0. The number of nitrogens with two attached hydrogens (primary N) is 1. The molecule has 24 heavy (non-hydrogen) atoms. The molecule has 7 heteroatoms. The van der Waals surface area contributed by atoms with Gasteiger partial charge in [0.05, 0.1) is 12.7 Å². The van der Waals surface area contributed by atoms with Gasteiger partial charge in [-0.2, -0.15) is 0 Å². The van der Waals surface area contributed by atoms with Crippen molar-refractivity contribution in [1.82, 2.24) is 24.4 Å². The first kappa shape index (κ1) is 16.4. The van der Waals surface area contributed by atoms with Crippen molar-refractivity contribution in [1.29, 1.82) is 0 Å². The van der Waals surface area contributed by atoms with E-state index in [-0.39, 0.29) is 11.9 Å². The van der Waals surface area contributed by atoms with Crippen LogP contribution in [0.2, 0.25) is 0 Å². The van der Waals surface area contributed by atoms with Crippen LogP contribution in [0, 0.1) is 19.8 Å². The molecule has 1 saturated heterocycles. The zero-order valence-corrected chi connectivity index (χ0v) is 14.3. The van der Waals surface area contributed by atoms with Crippen molar-refractivity contribution in [2.24, 2.45) is 5.92 Å². The van der Waals surface area contributed by atoms with E-state index < -0.39 is 0 Å². The SMILES string of the molecule is Cc1nc(N)nc(C)c1CC(=O)N1CCC[C@H](Cn2ccnc2)C1. The lowest BCUT2D eigenvalue weighted by Gasteiger charge is -2.33. The largest absolute Gasteiger partial charge is 0.368 e. The monoisotopic (exact) mass is 328 g/mol. The molecule has 0 saturated carbocycles. The first-order chi connectivity index (χ1) is 11.5. The number of carbonyl (C=O) groups excluding carboxylic acids is 1. The van der Waals surface area contributed by atoms with E-state index in [0.717, 1.165) is 49.4 Å². The van der Waals surface area contributed by atoms with Crippen LogP contribution >= 0.6 is 0 Å². The molecule has 3 rings (SSSR count). The van der Waals surface area contributed by atoms with Gasteiger partial charge in [0, 0.05) is 49.0 Å². The van der Waals surface area contributed by atoms with E-state index in [2.05, 4.69) is 19.5 Å². The summed E-state index contributed by atoms with van der Waals surface area (Å²) < 4.78 is 2.08. The Hall–Kier alpha value is -2.44. The summed E-state index contributed by atoms with van der Waals surface area (Å²) in [6, 6.07) is 0. The molecule has 0 bridgehead atoms. The molecule has 7 nitrogen and oxygen atoms in total. The lowest BCUT2D eigenvalue weighted by molar-refractivity contribution is -0.132. The van der Waals surface area contributed by atoms with Gasteiger partial charge in [-0.3, -0.25) is 4.79 Å². The van der Waals surface area contributed by atoms with Gasteiger partial charge in [0.15, 0.2) is 0 Å². The van der Waals surface area contributed by atoms with Crippen molar-refractivity contribution in [3.63, 3.8) is 0 Å². The van der Waals surface area contributed by atoms with Crippen LogP contribution in [0.5, 0.6) is 0 Å². The lowest BCUT2D eigenvalue weighted by Crippen LogP contribution is -2.42. The third-order valence-corrected chi connectivity index (χ3v) is 4.67. The molecule has 2 aromatic heterocycles. The Morgan fingerprint density at radius 1 is 1.33 bits per heavy atom. The van der Waals surface area contributed by atoms with Gasteiger partial charge in [0.2, 0.25) is 11.9 Å². The molecule has 0 unspecified atom stereocenters. The summed E-state index contributed by atoms with van der Waals surface area (Å²) in [5, 5.41) is 0. The summed E-state index contributed by atoms with van der Waals surface area (Å²) in [7, 11) is 0. The highest BCUT2D eigenvalue weighted by Gasteiger charge is 2.25. The normalized spacial score (nSPS) is 17.9. The number of rotatable bonds is 4. The molecule has 0 spiro atoms. The number of likely N-dealkylation sites (tertiary alicyclic amines) is 1. The molecule has 2 N–H and O–H groups in total. The van der Waals surface area contributed by atoms with Crippen molar-refractivity contribution >= 4 is 11.9 Å². The number of aryl methyl sites for hydroxylation is 2. The van der Waals surface area contributed by atoms with Crippen LogP contribution < -0.4 is 5.73 Å². The predicted molar refractivity (Wildman–Crippen MR) is 91.2 cm³/mol. The number of anilines is 1. The molecule has 1 amide bonds. The van der Waals surface area contributed by atoms with E-state index in [0.29, 0.717) is 12.3 Å². The van der Waals surface area contributed by atoms with E-state index in [9.17, 15) is 4.79 Å². The fraction of sp³-hybridized carbons (Fsp3) is 0.529. The zero-order valence-electron chi connectivity index (χ0n) is 14.3. The fourth-order valence-corrected chi connectivity index (χ4v) is 3.42. The Balaban J connectivity index is 1.64. The van der Waals surface area contributed by atoms with Gasteiger partial charge >= 0.3 is 0 Å². The Kier molecular flexibility index (Phi) is 4.78. The average molecular weight is 328 g/mol. The number of piperidine rings is 1. The molecule has 1 fully saturated rings. The second-order valence-electron chi connectivity index (χ2n) is 6.52. The summed E-state index contributed by atoms with van der Waals surface area (Å²) in [6.07, 6.45) is 8.12. The molecule has 1 aliphatic heterocycles. The number of amides is 1. The molecule has 1 atom stereocenters. The number of aromatic nitrogens is 4. The number of hydrogen-bond donors (Lipinski definition) is 1. The Bertz CT molecular complexity index is 689. The standard InChI is InChI=1S/C17H24N6O/c1-12-15(13(2)21-17(18)20-12)8-16(24)23-6-3-4-14(10-23)9-22-7-5-19-11-22/h5,7,11,14H,3-4,6,8-10H2,1-2H3,(H2,18,20,21)/t14-/m1/s1. The molecule has 0 radical (unpaired) electrons. The van der Waals surface area contributed by atoms with Crippen LogP contribution in [-0.4, -0.2) is 43.4 Å². The summed E-state index contributed by atoms with van der Waals surface area (Å²) in [5.41, 5.74) is 8.14. The number of nitrogens with zero attached hydrogens (tertiary/aromatic N) is 5. The second kappa shape index (κ2) is 6.98. The molecular weight excluding hydrogens is 304 g/mol. The smallest absolute Gasteiger partial charge is 0.227 e. The highest BCUT2D eigenvalue weighted by molar-refractivity contribution is 5.79. The van der Waals surface area contributed by atoms with Gasteiger partial charge in [0.25, 0.3) is 0 Å². The second-order valence-corrected chi connectivity index (χ2v) is 6.52. The Morgan fingerprint density at radius 3 is 2.75 bits per heavy atom. The van der Waals surface area contributed by atoms with Gasteiger partial charge < -0.3 is 15.2 Å². The topological polar surface area (TPSA) is 89.9 Å². The van der Waals surface area contributed by atoms with E-state index in [1.54, 1.807) is 6.20 Å². The quantitative estimate of drug-likeness (QED) is 0.915. The van der Waals surface area contributed by atoms with E-state index in [1.807, 2.05) is 31.3 Å². The maximum atomic E-state index is 12.7. The molecule has 0 aromatic carbocycles. The predicted octanol–water partition coefficient (Wildman–Crippen LogP) is 1.35. The Labute approximate surface area is 141 Å². The van der Waals surface area contributed by atoms with Crippen LogP contribution in [0.15, 0.2) is 18.7 Å². The zero-order chi connectivity index (χ0) is 17.1. The number of carbonyl (C=O) groups is 1. The first-order valence-electron chi connectivity index (χ1n) is 8.36. The van der Waals surface area contributed by atoms with Crippen molar-refractivity contribution in [2.45, 2.75) is 39.7 Å². The Morgan fingerprint density at radius 2 is 2.08 bits per heavy atom. The van der Waals surface area contributed by atoms with Crippen molar-refractivity contribution in [3.05, 3.63) is 35.7 Å². The van der Waals surface area contributed by atoms with E-state index in [4.69, 9.17) is 5.73 Å². The maximum absolute atomic E-state index is 12.7. The van der Waals surface area contributed by atoms with Gasteiger partial charge in [-0.1, -0.05) is 0 Å². The van der Waals surface area contributed by atoms with Crippen molar-refractivity contribution < 1.29 is 4.79 Å². The number of imidazole rings is 1. The molecule has 1 aliphatic rings. The molecule has 0 aliphatic carbocycles.